The Morgan fingerprint density at radius 3 is 3.14 bits per heavy atom. The summed E-state index contributed by atoms with van der Waals surface area (Å²) in [4.78, 5) is 16.1. The second kappa shape index (κ2) is 5.81. The average molecular weight is 291 g/mol. The number of nitrogens with zero attached hydrogens (tertiary/aromatic N) is 2. The first-order valence-corrected chi connectivity index (χ1v) is 7.19. The fourth-order valence-corrected chi connectivity index (χ4v) is 2.53. The molecule has 1 fully saturated rings. The van der Waals surface area contributed by atoms with E-state index in [9.17, 15) is 9.18 Å². The van der Waals surface area contributed by atoms with Gasteiger partial charge < -0.3 is 10.1 Å². The molecule has 1 N–H and O–H groups in total. The van der Waals surface area contributed by atoms with E-state index >= 15 is 0 Å². The van der Waals surface area contributed by atoms with E-state index in [0.717, 1.165) is 31.4 Å². The zero-order valence-corrected chi connectivity index (χ0v) is 11.9. The van der Waals surface area contributed by atoms with Gasteiger partial charge in [-0.25, -0.2) is 4.98 Å². The number of pyridine rings is 1. The zero-order chi connectivity index (χ0) is 14.8. The first-order valence-electron chi connectivity index (χ1n) is 7.19. The molecule has 0 saturated carbocycles. The van der Waals surface area contributed by atoms with E-state index in [2.05, 4.69) is 10.3 Å². The van der Waals surface area contributed by atoms with E-state index in [-0.39, 0.29) is 11.8 Å². The van der Waals surface area contributed by atoms with Crippen LogP contribution in [0.25, 0.3) is 5.65 Å². The number of nitrogens with one attached hydrogen (secondary N) is 1. The van der Waals surface area contributed by atoms with Crippen LogP contribution >= 0.6 is 0 Å². The number of carbonyl (C=O) groups is 1. The van der Waals surface area contributed by atoms with Crippen molar-refractivity contribution in [2.24, 2.45) is 0 Å². The highest BCUT2D eigenvalue weighted by Gasteiger charge is 2.21. The fourth-order valence-electron chi connectivity index (χ4n) is 2.53. The predicted octanol–water partition coefficient (Wildman–Crippen LogP) is 2.08. The molecule has 2 aromatic rings. The van der Waals surface area contributed by atoms with Crippen molar-refractivity contribution in [3.05, 3.63) is 35.5 Å². The molecule has 6 heteroatoms. The number of carbonyl (C=O) groups excluding carboxylic acids is 1. The number of hydrogen-bond acceptors (Lipinski definition) is 3. The Bertz CT molecular complexity index is 662. The Kier molecular flexibility index (Phi) is 3.88. The van der Waals surface area contributed by atoms with Gasteiger partial charge in [0, 0.05) is 19.3 Å². The highest BCUT2D eigenvalue weighted by Crippen LogP contribution is 2.14. The Hall–Kier alpha value is -1.95. The summed E-state index contributed by atoms with van der Waals surface area (Å²) in [6, 6.07) is 3.53. The van der Waals surface area contributed by atoms with E-state index in [0.29, 0.717) is 12.2 Å². The number of aryl methyl sites for hydroxylation is 1. The van der Waals surface area contributed by atoms with E-state index in [1.165, 1.54) is 4.40 Å². The van der Waals surface area contributed by atoms with Gasteiger partial charge in [0.15, 0.2) is 5.69 Å². The van der Waals surface area contributed by atoms with Crippen LogP contribution in [0.5, 0.6) is 0 Å². The SMILES string of the molecule is Cc1ccc2nc(C(=O)NC[C@@H]3CCCCO3)c(F)n2c1. The molecule has 0 aromatic carbocycles. The van der Waals surface area contributed by atoms with Gasteiger partial charge in [0.2, 0.25) is 5.95 Å². The van der Waals surface area contributed by atoms with Crippen molar-refractivity contribution in [1.82, 2.24) is 14.7 Å². The van der Waals surface area contributed by atoms with Crippen molar-refractivity contribution in [3.8, 4) is 0 Å². The van der Waals surface area contributed by atoms with Gasteiger partial charge in [-0.3, -0.25) is 9.20 Å². The fraction of sp³-hybridized carbons (Fsp3) is 0.467. The average Bonchev–Trinajstić information content (AvgIpc) is 2.83. The topological polar surface area (TPSA) is 55.6 Å². The van der Waals surface area contributed by atoms with Crippen molar-refractivity contribution in [2.45, 2.75) is 32.3 Å². The summed E-state index contributed by atoms with van der Waals surface area (Å²) in [6.07, 6.45) is 4.73. The standard InChI is InChI=1S/C15H18FN3O2/c1-10-5-6-12-18-13(14(16)19(12)9-10)15(20)17-8-11-4-2-3-7-21-11/h5-6,9,11H,2-4,7-8H2,1H3,(H,17,20)/t11-/m0/s1. The zero-order valence-electron chi connectivity index (χ0n) is 11.9. The highest BCUT2D eigenvalue weighted by atomic mass is 19.1. The quantitative estimate of drug-likeness (QED) is 0.942. The molecule has 0 radical (unpaired) electrons. The highest BCUT2D eigenvalue weighted by molar-refractivity contribution is 5.93. The third kappa shape index (κ3) is 2.90. The minimum atomic E-state index is -0.629. The second-order valence-corrected chi connectivity index (χ2v) is 5.38. The molecule has 1 saturated heterocycles. The molecule has 1 atom stereocenters. The Labute approximate surface area is 122 Å². The van der Waals surface area contributed by atoms with Gasteiger partial charge in [-0.05, 0) is 37.8 Å². The third-order valence-corrected chi connectivity index (χ3v) is 3.69. The molecule has 3 heterocycles. The molecular weight excluding hydrogens is 273 g/mol. The number of ether oxygens (including phenoxy) is 1. The van der Waals surface area contributed by atoms with Crippen LogP contribution < -0.4 is 5.32 Å². The summed E-state index contributed by atoms with van der Waals surface area (Å²) in [6.45, 7) is 2.98. The summed E-state index contributed by atoms with van der Waals surface area (Å²) in [5.41, 5.74) is 1.16. The number of fused-ring (bicyclic) bond motifs is 1. The van der Waals surface area contributed by atoms with Crippen LogP contribution in [0.4, 0.5) is 4.39 Å². The van der Waals surface area contributed by atoms with E-state index in [1.54, 1.807) is 12.3 Å². The van der Waals surface area contributed by atoms with Crippen molar-refractivity contribution >= 4 is 11.6 Å². The molecular formula is C15H18FN3O2. The van der Waals surface area contributed by atoms with Crippen molar-refractivity contribution in [3.63, 3.8) is 0 Å². The number of rotatable bonds is 3. The molecule has 0 unspecified atom stereocenters. The van der Waals surface area contributed by atoms with Crippen LogP contribution in [0.2, 0.25) is 0 Å². The number of amides is 1. The lowest BCUT2D eigenvalue weighted by atomic mass is 10.1. The first kappa shape index (κ1) is 14.0. The van der Waals surface area contributed by atoms with Crippen molar-refractivity contribution in [1.29, 1.82) is 0 Å². The van der Waals surface area contributed by atoms with Crippen molar-refractivity contribution in [2.75, 3.05) is 13.2 Å². The lowest BCUT2D eigenvalue weighted by Crippen LogP contribution is -2.35. The first-order chi connectivity index (χ1) is 10.1. The molecule has 1 aliphatic heterocycles. The molecule has 3 rings (SSSR count). The van der Waals surface area contributed by atoms with Crippen LogP contribution in [0.15, 0.2) is 18.3 Å². The summed E-state index contributed by atoms with van der Waals surface area (Å²) < 4.78 is 21.1. The molecule has 0 spiro atoms. The number of aromatic nitrogens is 2. The van der Waals surface area contributed by atoms with Crippen LogP contribution in [-0.4, -0.2) is 34.5 Å². The lowest BCUT2D eigenvalue weighted by molar-refractivity contribution is 0.0168. The molecule has 0 aliphatic carbocycles. The maximum absolute atomic E-state index is 14.2. The Morgan fingerprint density at radius 1 is 1.52 bits per heavy atom. The maximum atomic E-state index is 14.2. The van der Waals surface area contributed by atoms with Gasteiger partial charge in [0.25, 0.3) is 5.91 Å². The molecule has 2 aromatic heterocycles. The van der Waals surface area contributed by atoms with E-state index < -0.39 is 11.9 Å². The summed E-state index contributed by atoms with van der Waals surface area (Å²) in [5.74, 6) is -1.13. The van der Waals surface area contributed by atoms with E-state index in [4.69, 9.17) is 4.74 Å². The van der Waals surface area contributed by atoms with Crippen LogP contribution in [0, 0.1) is 12.9 Å². The van der Waals surface area contributed by atoms with Gasteiger partial charge in [-0.1, -0.05) is 6.07 Å². The summed E-state index contributed by atoms with van der Waals surface area (Å²) >= 11 is 0. The molecule has 1 amide bonds. The van der Waals surface area contributed by atoms with Gasteiger partial charge >= 0.3 is 0 Å². The minimum Gasteiger partial charge on any atom is -0.376 e. The predicted molar refractivity (Wildman–Crippen MR) is 75.8 cm³/mol. The van der Waals surface area contributed by atoms with Gasteiger partial charge in [0.05, 0.1) is 6.10 Å². The van der Waals surface area contributed by atoms with Gasteiger partial charge in [0.1, 0.15) is 5.65 Å². The van der Waals surface area contributed by atoms with Crippen LogP contribution in [0.1, 0.15) is 35.3 Å². The van der Waals surface area contributed by atoms with Gasteiger partial charge in [-0.2, -0.15) is 4.39 Å². The number of imidazole rings is 1. The largest absolute Gasteiger partial charge is 0.376 e. The minimum absolute atomic E-state index is 0.0186. The number of halogens is 1. The molecule has 1 aliphatic rings. The maximum Gasteiger partial charge on any atom is 0.274 e. The second-order valence-electron chi connectivity index (χ2n) is 5.38. The third-order valence-electron chi connectivity index (χ3n) is 3.69. The van der Waals surface area contributed by atoms with Gasteiger partial charge in [-0.15, -0.1) is 0 Å². The van der Waals surface area contributed by atoms with Crippen molar-refractivity contribution < 1.29 is 13.9 Å². The monoisotopic (exact) mass is 291 g/mol. The van der Waals surface area contributed by atoms with E-state index in [1.807, 2.05) is 13.0 Å². The molecule has 0 bridgehead atoms. The molecule has 21 heavy (non-hydrogen) atoms. The Balaban J connectivity index is 1.73. The molecule has 5 nitrogen and oxygen atoms in total. The van der Waals surface area contributed by atoms with Crippen LogP contribution in [-0.2, 0) is 4.74 Å². The smallest absolute Gasteiger partial charge is 0.274 e. The summed E-state index contributed by atoms with van der Waals surface area (Å²) in [7, 11) is 0. The summed E-state index contributed by atoms with van der Waals surface area (Å²) in [5, 5.41) is 2.71. The molecule has 112 valence electrons. The van der Waals surface area contributed by atoms with Crippen LogP contribution in [0.3, 0.4) is 0 Å². The lowest BCUT2D eigenvalue weighted by Gasteiger charge is -2.22. The number of hydrogen-bond donors (Lipinski definition) is 1. The normalized spacial score (nSPS) is 18.9. The Morgan fingerprint density at radius 2 is 2.38 bits per heavy atom.